The van der Waals surface area contributed by atoms with E-state index in [0.29, 0.717) is 56.2 Å². The van der Waals surface area contributed by atoms with Gasteiger partial charge >= 0.3 is 12.3 Å². The number of allylic oxidation sites excluding steroid dienone is 1. The summed E-state index contributed by atoms with van der Waals surface area (Å²) in [4.78, 5) is 68.6. The van der Waals surface area contributed by atoms with E-state index < -0.39 is 85.9 Å². The molecule has 0 unspecified atom stereocenters. The molecule has 2 aromatic rings. The first-order valence-electron chi connectivity index (χ1n) is 20.0. The highest BCUT2D eigenvalue weighted by Gasteiger charge is 2.64. The average Bonchev–Trinajstić information content (AvgIpc) is 4.03. The fraction of sp³-hybridized carbons (Fsp3) is 0.650. The second kappa shape index (κ2) is 15.9. The molecule has 3 heterocycles. The first-order valence-corrected chi connectivity index (χ1v) is 21.5. The minimum absolute atomic E-state index is 0.0411. The van der Waals surface area contributed by atoms with Gasteiger partial charge in [-0.05, 0) is 83.3 Å². The largest absolute Gasteiger partial charge is 0.497 e. The molecule has 1 saturated heterocycles. The number of benzene rings is 1. The Hall–Kier alpha value is -4.88. The fourth-order valence-corrected chi connectivity index (χ4v) is 9.54. The number of aromatic nitrogens is 2. The summed E-state index contributed by atoms with van der Waals surface area (Å²) in [6.07, 6.45) is -2.98. The molecule has 16 nitrogen and oxygen atoms in total. The quantitative estimate of drug-likeness (QED) is 0.296. The molecule has 60 heavy (non-hydrogen) atoms. The number of carbonyl (C=O) groups is 4. The maximum Gasteiger partial charge on any atom is 0.411 e. The Morgan fingerprint density at radius 3 is 2.38 bits per heavy atom. The summed E-state index contributed by atoms with van der Waals surface area (Å²) in [6, 6.07) is 1.57. The number of sulfonamides is 1. The summed E-state index contributed by atoms with van der Waals surface area (Å²) < 4.78 is 83.6. The van der Waals surface area contributed by atoms with E-state index in [9.17, 15) is 41.1 Å². The molecule has 2 aliphatic carbocycles. The van der Waals surface area contributed by atoms with Crippen molar-refractivity contribution < 1.29 is 55.3 Å². The number of methoxy groups -OCH3 is 1. The minimum atomic E-state index is -5.11. The maximum absolute atomic E-state index is 15.1. The zero-order valence-electron chi connectivity index (χ0n) is 35.0. The molecule has 1 aromatic carbocycles. The lowest BCUT2D eigenvalue weighted by Crippen LogP contribution is -2.66. The first kappa shape index (κ1) is 44.7. The van der Waals surface area contributed by atoms with E-state index in [-0.39, 0.29) is 48.5 Å². The lowest BCUT2D eigenvalue weighted by molar-refractivity contribution is -0.222. The van der Waals surface area contributed by atoms with Crippen LogP contribution in [0.1, 0.15) is 79.6 Å². The Bertz CT molecular complexity index is 2180. The van der Waals surface area contributed by atoms with Crippen molar-refractivity contribution in [1.82, 2.24) is 29.8 Å². The van der Waals surface area contributed by atoms with E-state index in [1.807, 2.05) is 6.92 Å². The summed E-state index contributed by atoms with van der Waals surface area (Å²) in [6.45, 7) is 5.87. The number of nitrogens with zero attached hydrogens (tertiary/aromatic N) is 5. The zero-order chi connectivity index (χ0) is 44.3. The Kier molecular flexibility index (Phi) is 11.8. The van der Waals surface area contributed by atoms with Gasteiger partial charge in [-0.1, -0.05) is 26.0 Å². The maximum atomic E-state index is 15.1. The van der Waals surface area contributed by atoms with Crippen LogP contribution < -0.4 is 24.4 Å². The van der Waals surface area contributed by atoms with E-state index in [1.165, 1.54) is 21.0 Å². The smallest absolute Gasteiger partial charge is 0.411 e. The summed E-state index contributed by atoms with van der Waals surface area (Å²) in [5, 5.41) is 13.7. The predicted octanol–water partition coefficient (Wildman–Crippen LogP) is 4.63. The molecule has 4 aliphatic rings. The van der Waals surface area contributed by atoms with Crippen LogP contribution in [0, 0.1) is 17.8 Å². The van der Waals surface area contributed by atoms with Gasteiger partial charge in [0.05, 0.1) is 29.3 Å². The Morgan fingerprint density at radius 2 is 1.78 bits per heavy atom. The van der Waals surface area contributed by atoms with Crippen LogP contribution in [0.25, 0.3) is 10.9 Å². The molecular formula is C40H54F3N7O9S. The van der Waals surface area contributed by atoms with Crippen molar-refractivity contribution in [3.05, 3.63) is 30.4 Å². The predicted molar refractivity (Wildman–Crippen MR) is 214 cm³/mol. The van der Waals surface area contributed by atoms with Crippen LogP contribution in [0.3, 0.4) is 0 Å². The topological polar surface area (TPSA) is 201 Å². The Balaban J connectivity index is 1.45. The highest BCUT2D eigenvalue weighted by Crippen LogP contribution is 2.48. The lowest BCUT2D eigenvalue weighted by Gasteiger charge is -2.45. The van der Waals surface area contributed by atoms with Gasteiger partial charge in [-0.25, -0.2) is 18.2 Å². The van der Waals surface area contributed by atoms with Crippen LogP contribution in [-0.4, -0.2) is 125 Å². The molecule has 6 rings (SSSR count). The molecule has 20 heteroatoms. The molecule has 3 fully saturated rings. The third-order valence-electron chi connectivity index (χ3n) is 12.5. The number of nitrogens with one attached hydrogen (secondary N) is 2. The average molecular weight is 866 g/mol. The number of carbonyl (C=O) groups excluding carboxylic acids is 3. The zero-order valence-corrected chi connectivity index (χ0v) is 35.8. The monoisotopic (exact) mass is 865 g/mol. The van der Waals surface area contributed by atoms with Crippen molar-refractivity contribution in [2.45, 2.75) is 120 Å². The van der Waals surface area contributed by atoms with Gasteiger partial charge in [-0.15, -0.1) is 0 Å². The second-order valence-electron chi connectivity index (χ2n) is 17.7. The summed E-state index contributed by atoms with van der Waals surface area (Å²) in [5.74, 6) is -3.88. The third-order valence-corrected chi connectivity index (χ3v) is 14.7. The molecule has 0 bridgehead atoms. The van der Waals surface area contributed by atoms with E-state index in [4.69, 9.17) is 9.47 Å². The number of amides is 4. The standard InChI is InChI=1S/C40H54F3N7O9S/c1-22-11-9-10-12-24-20-39(24,34(53)47-60(56,57)38(5)15-16-38)46-31(51)29-19-26(59-32-27-14-13-25(58-8)18-28(27)44-35(45-32)48(6)7)21-49(29)33(52)30(23(2)17-22)50(36(54)55)37(3,4)40(41,42)43/h10,12-14,18,22-24,26,29-30H,9,11,15-17,19-21H2,1-8H3,(H,46,51)(H,47,53)(H,54,55)/b12-10-/t22-,23+,24+,26+,29-,30-,39+/m0/s1. The summed E-state index contributed by atoms with van der Waals surface area (Å²) in [5.41, 5.74) is -4.34. The van der Waals surface area contributed by atoms with Crippen molar-refractivity contribution in [2.75, 3.05) is 32.6 Å². The Labute approximate surface area is 347 Å². The van der Waals surface area contributed by atoms with Crippen LogP contribution in [0.2, 0.25) is 0 Å². The SMILES string of the molecule is COc1ccc2c(O[C@@H]3C[C@H]4C(=O)N[C@]5(C(=O)NS(=O)(=O)C6(C)CC6)C[C@H]5/C=C\CC[C@H](C)C[C@@H](C)[C@H](N(C(=O)O)C(C)(C)C(F)(F)F)C(=O)N4C3)nc(N(C)C)nc2c1. The number of hydrogen-bond donors (Lipinski definition) is 3. The van der Waals surface area contributed by atoms with Gasteiger partial charge in [0.15, 0.2) is 0 Å². The van der Waals surface area contributed by atoms with E-state index >= 15 is 4.79 Å². The first-order chi connectivity index (χ1) is 27.9. The van der Waals surface area contributed by atoms with Crippen molar-refractivity contribution >= 4 is 50.7 Å². The van der Waals surface area contributed by atoms with Gasteiger partial charge in [-0.2, -0.15) is 18.2 Å². The summed E-state index contributed by atoms with van der Waals surface area (Å²) >= 11 is 0. The van der Waals surface area contributed by atoms with Crippen LogP contribution in [-0.2, 0) is 24.4 Å². The molecular weight excluding hydrogens is 812 g/mol. The molecule has 330 valence electrons. The normalized spacial score (nSPS) is 28.9. The van der Waals surface area contributed by atoms with Gasteiger partial charge in [0, 0.05) is 32.5 Å². The molecule has 0 radical (unpaired) electrons. The van der Waals surface area contributed by atoms with Crippen molar-refractivity contribution in [1.29, 1.82) is 0 Å². The number of carboxylic acid groups (broad SMARTS) is 1. The van der Waals surface area contributed by atoms with Gasteiger partial charge in [-0.3, -0.25) is 24.0 Å². The van der Waals surface area contributed by atoms with E-state index in [0.717, 1.165) is 4.90 Å². The van der Waals surface area contributed by atoms with Gasteiger partial charge in [0.1, 0.15) is 35.0 Å². The van der Waals surface area contributed by atoms with Crippen LogP contribution in [0.15, 0.2) is 30.4 Å². The van der Waals surface area contributed by atoms with Crippen LogP contribution in [0.5, 0.6) is 11.6 Å². The van der Waals surface area contributed by atoms with Gasteiger partial charge in [0.2, 0.25) is 33.7 Å². The molecule has 2 aliphatic heterocycles. The number of fused-ring (bicyclic) bond motifs is 3. The highest BCUT2D eigenvalue weighted by atomic mass is 32.2. The molecule has 3 N–H and O–H groups in total. The van der Waals surface area contributed by atoms with E-state index in [2.05, 4.69) is 20.0 Å². The lowest BCUT2D eigenvalue weighted by atomic mass is 9.85. The van der Waals surface area contributed by atoms with Gasteiger partial charge < -0.3 is 29.7 Å². The molecule has 1 aromatic heterocycles. The van der Waals surface area contributed by atoms with Crippen molar-refractivity contribution in [3.8, 4) is 11.6 Å². The number of anilines is 1. The van der Waals surface area contributed by atoms with Crippen LogP contribution >= 0.6 is 0 Å². The van der Waals surface area contributed by atoms with Crippen molar-refractivity contribution in [2.24, 2.45) is 17.8 Å². The molecule has 4 amide bonds. The number of ether oxygens (including phenoxy) is 2. The van der Waals surface area contributed by atoms with Crippen molar-refractivity contribution in [3.63, 3.8) is 0 Å². The molecule has 7 atom stereocenters. The molecule has 2 saturated carbocycles. The number of rotatable bonds is 9. The number of hydrogen-bond acceptors (Lipinski definition) is 11. The third kappa shape index (κ3) is 8.39. The summed E-state index contributed by atoms with van der Waals surface area (Å²) in [7, 11) is 0.779. The van der Waals surface area contributed by atoms with Gasteiger partial charge in [0.25, 0.3) is 5.91 Å². The fourth-order valence-electron chi connectivity index (χ4n) is 8.23. The molecule has 0 spiro atoms. The Morgan fingerprint density at radius 1 is 1.10 bits per heavy atom. The highest BCUT2D eigenvalue weighted by molar-refractivity contribution is 7.91. The van der Waals surface area contributed by atoms with Crippen LogP contribution in [0.4, 0.5) is 23.9 Å². The second-order valence-corrected chi connectivity index (χ2v) is 19.9. The van der Waals surface area contributed by atoms with E-state index in [1.54, 1.807) is 49.3 Å². The number of halogens is 3. The number of alkyl halides is 3. The minimum Gasteiger partial charge on any atom is -0.497 e.